The molecule has 0 aromatic carbocycles. The molecular weight excluding hydrogens is 358 g/mol. The number of hydrogen-bond acceptors (Lipinski definition) is 4. The van der Waals surface area contributed by atoms with Gasteiger partial charge in [-0.3, -0.25) is 0 Å². The quantitative estimate of drug-likeness (QED) is 0.717. The van der Waals surface area contributed by atoms with E-state index in [0.29, 0.717) is 5.03 Å². The summed E-state index contributed by atoms with van der Waals surface area (Å²) in [4.78, 5) is 14.7. The van der Waals surface area contributed by atoms with Gasteiger partial charge in [-0.05, 0) is 31.1 Å². The van der Waals surface area contributed by atoms with Crippen LogP contribution in [0.2, 0.25) is 0 Å². The molecule has 27 heavy (non-hydrogen) atoms. The first-order valence-corrected chi connectivity index (χ1v) is 10.1. The highest BCUT2D eigenvalue weighted by Gasteiger charge is 2.18. The van der Waals surface area contributed by atoms with Gasteiger partial charge in [0.25, 0.3) is 0 Å². The van der Waals surface area contributed by atoms with Crippen LogP contribution in [0, 0.1) is 0 Å². The number of rotatable bonds is 5. The fourth-order valence-electron chi connectivity index (χ4n) is 2.97. The van der Waals surface area contributed by atoms with Crippen molar-refractivity contribution in [3.05, 3.63) is 47.4 Å². The van der Waals surface area contributed by atoms with E-state index in [1.165, 1.54) is 0 Å². The van der Waals surface area contributed by atoms with Gasteiger partial charge in [-0.15, -0.1) is 0 Å². The van der Waals surface area contributed by atoms with Crippen molar-refractivity contribution >= 4 is 34.0 Å². The van der Waals surface area contributed by atoms with E-state index in [1.807, 2.05) is 38.3 Å². The van der Waals surface area contributed by atoms with E-state index in [-0.39, 0.29) is 0 Å². The molecule has 0 spiro atoms. The van der Waals surface area contributed by atoms with Gasteiger partial charge in [0.05, 0.1) is 0 Å². The van der Waals surface area contributed by atoms with Crippen LogP contribution in [-0.4, -0.2) is 41.1 Å². The maximum Gasteiger partial charge on any atom is 0.156 e. The number of nitrogens with zero attached hydrogens (tertiary/aromatic N) is 3. The van der Waals surface area contributed by atoms with Crippen LogP contribution >= 0.6 is 11.6 Å². The zero-order chi connectivity index (χ0) is 19.6. The molecule has 146 valence electrons. The third-order valence-corrected chi connectivity index (χ3v) is 4.50. The van der Waals surface area contributed by atoms with Gasteiger partial charge < -0.3 is 15.2 Å². The number of aromatic nitrogens is 3. The van der Waals surface area contributed by atoms with Gasteiger partial charge in [0, 0.05) is 43.0 Å². The predicted molar refractivity (Wildman–Crippen MR) is 117 cm³/mol. The predicted octanol–water partition coefficient (Wildman–Crippen LogP) is 4.89. The summed E-state index contributed by atoms with van der Waals surface area (Å²) in [6.07, 6.45) is 12.6. The number of hydrogen-bond donors (Lipinski definition) is 2. The fourth-order valence-corrected chi connectivity index (χ4v) is 3.21. The van der Waals surface area contributed by atoms with E-state index in [1.54, 1.807) is 6.33 Å². The zero-order valence-corrected chi connectivity index (χ0v) is 17.5. The van der Waals surface area contributed by atoms with Crippen molar-refractivity contribution in [3.8, 4) is 0 Å². The Morgan fingerprint density at radius 1 is 1.26 bits per heavy atom. The third-order valence-electron chi connectivity index (χ3n) is 4.27. The van der Waals surface area contributed by atoms with Gasteiger partial charge in [-0.2, -0.15) is 0 Å². The van der Waals surface area contributed by atoms with E-state index < -0.39 is 0 Å². The highest BCUT2D eigenvalue weighted by molar-refractivity contribution is 6.31. The van der Waals surface area contributed by atoms with E-state index in [2.05, 4.69) is 45.1 Å². The smallest absolute Gasteiger partial charge is 0.156 e. The first-order valence-electron chi connectivity index (χ1n) is 9.69. The lowest BCUT2D eigenvalue weighted by molar-refractivity contribution is 0.586. The average Bonchev–Trinajstić information content (AvgIpc) is 3.15. The highest BCUT2D eigenvalue weighted by Crippen LogP contribution is 2.29. The normalized spacial score (nSPS) is 16.0. The summed E-state index contributed by atoms with van der Waals surface area (Å²) in [5.74, 6) is 0.970. The maximum absolute atomic E-state index is 6.31. The molecular formula is C21H30ClN5. The van der Waals surface area contributed by atoms with Gasteiger partial charge in [-0.25, -0.2) is 9.97 Å². The standard InChI is InChI=1S/C19H24ClN5.C2H6/c1-3-4-5-6-15(20)11-14(2)16-12-22-18-17(16)23-13-24-19(18)25-9-7-21-8-10-25;1-2/h4-6,11-13,21-22H,3,7-10H2,1-2H3;1-2H3/b5-4+,14-11+,15-6+;. The van der Waals surface area contributed by atoms with Crippen molar-refractivity contribution in [2.45, 2.75) is 34.1 Å². The van der Waals surface area contributed by atoms with Crippen molar-refractivity contribution in [2.24, 2.45) is 0 Å². The van der Waals surface area contributed by atoms with E-state index >= 15 is 0 Å². The largest absolute Gasteiger partial charge is 0.356 e. The molecule has 0 radical (unpaired) electrons. The summed E-state index contributed by atoms with van der Waals surface area (Å²) in [6, 6.07) is 0. The molecule has 0 aliphatic carbocycles. The van der Waals surface area contributed by atoms with Crippen LogP contribution in [0.25, 0.3) is 16.6 Å². The minimum atomic E-state index is 0.702. The number of nitrogens with one attached hydrogen (secondary N) is 2. The number of piperazine rings is 1. The van der Waals surface area contributed by atoms with Crippen molar-refractivity contribution in [1.82, 2.24) is 20.3 Å². The summed E-state index contributed by atoms with van der Waals surface area (Å²) in [5.41, 5.74) is 4.05. The first-order chi connectivity index (χ1) is 13.2. The molecule has 0 amide bonds. The van der Waals surface area contributed by atoms with Crippen LogP contribution < -0.4 is 10.2 Å². The fraction of sp³-hybridized carbons (Fsp3) is 0.429. The number of H-pyrrole nitrogens is 1. The Bertz CT molecular complexity index is 813. The summed E-state index contributed by atoms with van der Waals surface area (Å²) in [7, 11) is 0. The number of allylic oxidation sites excluding steroid dienone is 6. The maximum atomic E-state index is 6.31. The molecule has 1 aliphatic heterocycles. The molecule has 0 bridgehead atoms. The van der Waals surface area contributed by atoms with Crippen LogP contribution in [0.3, 0.4) is 0 Å². The van der Waals surface area contributed by atoms with Crippen molar-refractivity contribution in [1.29, 1.82) is 0 Å². The molecule has 3 rings (SSSR count). The molecule has 2 aromatic rings. The summed E-state index contributed by atoms with van der Waals surface area (Å²) in [6.45, 7) is 12.0. The Labute approximate surface area is 167 Å². The zero-order valence-electron chi connectivity index (χ0n) is 16.7. The molecule has 1 aliphatic rings. The second-order valence-electron chi connectivity index (χ2n) is 6.08. The van der Waals surface area contributed by atoms with Gasteiger partial charge in [-0.1, -0.05) is 44.5 Å². The molecule has 0 saturated carbocycles. The number of fused-ring (bicyclic) bond motifs is 1. The van der Waals surface area contributed by atoms with Crippen LogP contribution in [0.5, 0.6) is 0 Å². The molecule has 2 aromatic heterocycles. The summed E-state index contributed by atoms with van der Waals surface area (Å²) < 4.78 is 0. The van der Waals surface area contributed by atoms with E-state index in [4.69, 9.17) is 11.6 Å². The molecule has 1 fully saturated rings. The molecule has 2 N–H and O–H groups in total. The molecule has 3 heterocycles. The number of anilines is 1. The minimum Gasteiger partial charge on any atom is -0.356 e. The Kier molecular flexibility index (Phi) is 8.55. The average molecular weight is 388 g/mol. The summed E-state index contributed by atoms with van der Waals surface area (Å²) >= 11 is 6.31. The SMILES string of the molecule is CC.CC/C=C/C=C(Cl)\C=C(/C)c1c[nH]c2c(N3CCNCC3)ncnc12. The second-order valence-corrected chi connectivity index (χ2v) is 6.51. The Morgan fingerprint density at radius 3 is 2.70 bits per heavy atom. The molecule has 0 unspecified atom stereocenters. The third kappa shape index (κ3) is 5.44. The van der Waals surface area contributed by atoms with Crippen LogP contribution in [0.1, 0.15) is 39.7 Å². The second kappa shape index (κ2) is 10.9. The highest BCUT2D eigenvalue weighted by atomic mass is 35.5. The van der Waals surface area contributed by atoms with E-state index in [9.17, 15) is 0 Å². The molecule has 6 heteroatoms. The van der Waals surface area contributed by atoms with Crippen molar-refractivity contribution in [2.75, 3.05) is 31.1 Å². The van der Waals surface area contributed by atoms with Crippen LogP contribution in [0.15, 0.2) is 41.9 Å². The Hall–Kier alpha value is -2.11. The lowest BCUT2D eigenvalue weighted by Gasteiger charge is -2.28. The lowest BCUT2D eigenvalue weighted by atomic mass is 10.1. The van der Waals surface area contributed by atoms with Crippen molar-refractivity contribution in [3.63, 3.8) is 0 Å². The van der Waals surface area contributed by atoms with E-state index in [0.717, 1.165) is 60.6 Å². The van der Waals surface area contributed by atoms with Gasteiger partial charge in [0.1, 0.15) is 17.4 Å². The van der Waals surface area contributed by atoms with Crippen molar-refractivity contribution < 1.29 is 0 Å². The van der Waals surface area contributed by atoms with Gasteiger partial charge in [0.15, 0.2) is 5.82 Å². The Balaban J connectivity index is 0.00000126. The molecule has 1 saturated heterocycles. The molecule has 0 atom stereocenters. The van der Waals surface area contributed by atoms with Crippen LogP contribution in [0.4, 0.5) is 5.82 Å². The molecule has 5 nitrogen and oxygen atoms in total. The monoisotopic (exact) mass is 387 g/mol. The van der Waals surface area contributed by atoms with Gasteiger partial charge >= 0.3 is 0 Å². The Morgan fingerprint density at radius 2 is 2.00 bits per heavy atom. The lowest BCUT2D eigenvalue weighted by Crippen LogP contribution is -2.44. The summed E-state index contributed by atoms with van der Waals surface area (Å²) in [5, 5.41) is 4.07. The first kappa shape index (κ1) is 21.2. The van der Waals surface area contributed by atoms with Crippen LogP contribution in [-0.2, 0) is 0 Å². The van der Waals surface area contributed by atoms with Gasteiger partial charge in [0.2, 0.25) is 0 Å². The number of aromatic amines is 1. The topological polar surface area (TPSA) is 56.8 Å². The number of halogens is 1. The minimum absolute atomic E-state index is 0.702.